The Labute approximate surface area is 102 Å². The maximum absolute atomic E-state index is 11.9. The molecule has 0 saturated carbocycles. The van der Waals surface area contributed by atoms with Gasteiger partial charge in [-0.1, -0.05) is 36.4 Å². The van der Waals surface area contributed by atoms with E-state index in [1.54, 1.807) is 13.2 Å². The molecule has 1 saturated heterocycles. The summed E-state index contributed by atoms with van der Waals surface area (Å²) in [5, 5.41) is 0. The molecule has 0 bridgehead atoms. The van der Waals surface area contributed by atoms with E-state index in [-0.39, 0.29) is 17.9 Å². The van der Waals surface area contributed by atoms with Gasteiger partial charge in [0.2, 0.25) is 5.91 Å². The van der Waals surface area contributed by atoms with Gasteiger partial charge < -0.3 is 9.64 Å². The molecule has 0 aliphatic carbocycles. The van der Waals surface area contributed by atoms with E-state index in [0.717, 1.165) is 5.56 Å². The lowest BCUT2D eigenvalue weighted by molar-refractivity contribution is -0.154. The van der Waals surface area contributed by atoms with Gasteiger partial charge in [-0.15, -0.1) is 6.58 Å². The summed E-state index contributed by atoms with van der Waals surface area (Å²) in [4.78, 5) is 13.7. The van der Waals surface area contributed by atoms with Crippen LogP contribution in [0.25, 0.3) is 0 Å². The van der Waals surface area contributed by atoms with Gasteiger partial charge in [-0.3, -0.25) is 4.79 Å². The van der Waals surface area contributed by atoms with Gasteiger partial charge in [0, 0.05) is 13.7 Å². The van der Waals surface area contributed by atoms with Crippen LogP contribution >= 0.6 is 0 Å². The van der Waals surface area contributed by atoms with Crippen LogP contribution in [0.1, 0.15) is 11.6 Å². The highest BCUT2D eigenvalue weighted by atomic mass is 16.5. The molecular formula is C14H17NO2. The van der Waals surface area contributed by atoms with Crippen LogP contribution in [-0.2, 0) is 9.53 Å². The third kappa shape index (κ3) is 2.11. The second kappa shape index (κ2) is 5.15. The largest absolute Gasteiger partial charge is 0.383 e. The lowest BCUT2D eigenvalue weighted by Crippen LogP contribution is -2.55. The van der Waals surface area contributed by atoms with Crippen molar-refractivity contribution in [3.63, 3.8) is 0 Å². The average molecular weight is 231 g/mol. The molecule has 1 aliphatic heterocycles. The molecule has 0 radical (unpaired) electrons. The van der Waals surface area contributed by atoms with Gasteiger partial charge in [0.15, 0.2) is 0 Å². The van der Waals surface area contributed by atoms with Crippen LogP contribution in [-0.4, -0.2) is 31.1 Å². The van der Waals surface area contributed by atoms with Crippen molar-refractivity contribution in [3.05, 3.63) is 48.6 Å². The normalized spacial score (nSPS) is 23.4. The number of ether oxygens (including phenoxy) is 1. The standard InChI is InChI=1S/C14H17NO2/c1-3-12-13(11-7-5-4-6-8-11)15(14(12)16)9-10-17-2/h3-8,12-13H,1,9-10H2,2H3/t12-,13-/m0/s1. The second-order valence-electron chi connectivity index (χ2n) is 4.14. The number of rotatable bonds is 5. The molecule has 2 atom stereocenters. The van der Waals surface area contributed by atoms with Crippen LogP contribution in [0.15, 0.2) is 43.0 Å². The van der Waals surface area contributed by atoms with Crippen molar-refractivity contribution >= 4 is 5.91 Å². The van der Waals surface area contributed by atoms with Crippen molar-refractivity contribution in [2.45, 2.75) is 6.04 Å². The van der Waals surface area contributed by atoms with Gasteiger partial charge in [-0.2, -0.15) is 0 Å². The van der Waals surface area contributed by atoms with Crippen LogP contribution in [0.2, 0.25) is 0 Å². The SMILES string of the molecule is C=C[C@@H]1C(=O)N(CCOC)[C@H]1c1ccccc1. The lowest BCUT2D eigenvalue weighted by atomic mass is 9.82. The van der Waals surface area contributed by atoms with Crippen LogP contribution in [0.4, 0.5) is 0 Å². The summed E-state index contributed by atoms with van der Waals surface area (Å²) in [6, 6.07) is 10.2. The summed E-state index contributed by atoms with van der Waals surface area (Å²) >= 11 is 0. The average Bonchev–Trinajstić information content (AvgIpc) is 2.37. The molecule has 0 aromatic heterocycles. The minimum absolute atomic E-state index is 0.0887. The predicted octanol–water partition coefficient (Wildman–Crippen LogP) is 2.02. The molecule has 0 spiro atoms. The van der Waals surface area contributed by atoms with Crippen LogP contribution in [0.5, 0.6) is 0 Å². The van der Waals surface area contributed by atoms with E-state index in [1.165, 1.54) is 0 Å². The van der Waals surface area contributed by atoms with E-state index in [1.807, 2.05) is 35.2 Å². The molecule has 3 nitrogen and oxygen atoms in total. The fourth-order valence-corrected chi connectivity index (χ4v) is 2.28. The summed E-state index contributed by atoms with van der Waals surface area (Å²) in [6.45, 7) is 4.95. The first kappa shape index (κ1) is 11.9. The Kier molecular flexibility index (Phi) is 3.59. The molecule has 1 amide bonds. The molecule has 17 heavy (non-hydrogen) atoms. The molecule has 1 aromatic carbocycles. The molecule has 0 N–H and O–H groups in total. The van der Waals surface area contributed by atoms with Crippen LogP contribution < -0.4 is 0 Å². The molecule has 1 aromatic rings. The number of carbonyl (C=O) groups excluding carboxylic acids is 1. The van der Waals surface area contributed by atoms with E-state index in [2.05, 4.69) is 6.58 Å². The number of hydrogen-bond donors (Lipinski definition) is 0. The summed E-state index contributed by atoms with van der Waals surface area (Å²) in [5.41, 5.74) is 1.16. The number of likely N-dealkylation sites (tertiary alicyclic amines) is 1. The van der Waals surface area contributed by atoms with Crippen molar-refractivity contribution in [2.24, 2.45) is 5.92 Å². The Morgan fingerprint density at radius 2 is 2.12 bits per heavy atom. The van der Waals surface area contributed by atoms with Gasteiger partial charge in [-0.25, -0.2) is 0 Å². The molecule has 0 unspecified atom stereocenters. The van der Waals surface area contributed by atoms with E-state index in [0.29, 0.717) is 13.2 Å². The quantitative estimate of drug-likeness (QED) is 0.573. The van der Waals surface area contributed by atoms with Gasteiger partial charge in [0.05, 0.1) is 18.6 Å². The topological polar surface area (TPSA) is 29.5 Å². The number of benzene rings is 1. The Morgan fingerprint density at radius 1 is 1.41 bits per heavy atom. The van der Waals surface area contributed by atoms with Crippen molar-refractivity contribution in [1.29, 1.82) is 0 Å². The Bertz CT molecular complexity index is 402. The first-order valence-electron chi connectivity index (χ1n) is 5.76. The van der Waals surface area contributed by atoms with Crippen molar-refractivity contribution in [3.8, 4) is 0 Å². The number of hydrogen-bond acceptors (Lipinski definition) is 2. The minimum Gasteiger partial charge on any atom is -0.383 e. The molecule has 1 aliphatic rings. The summed E-state index contributed by atoms with van der Waals surface area (Å²) in [6.07, 6.45) is 1.74. The Balaban J connectivity index is 2.17. The molecule has 1 heterocycles. The molecule has 90 valence electrons. The lowest BCUT2D eigenvalue weighted by Gasteiger charge is -2.46. The number of nitrogens with zero attached hydrogens (tertiary/aromatic N) is 1. The molecule has 3 heteroatoms. The number of amides is 1. The third-order valence-corrected chi connectivity index (χ3v) is 3.18. The monoisotopic (exact) mass is 231 g/mol. The Hall–Kier alpha value is -1.61. The summed E-state index contributed by atoms with van der Waals surface area (Å²) in [7, 11) is 1.65. The zero-order valence-corrected chi connectivity index (χ0v) is 10.0. The number of carbonyl (C=O) groups is 1. The van der Waals surface area contributed by atoms with Gasteiger partial charge in [-0.05, 0) is 5.56 Å². The summed E-state index contributed by atoms with van der Waals surface area (Å²) < 4.78 is 5.03. The molecule has 2 rings (SSSR count). The van der Waals surface area contributed by atoms with Crippen molar-refractivity contribution < 1.29 is 9.53 Å². The molecule has 1 fully saturated rings. The van der Waals surface area contributed by atoms with E-state index >= 15 is 0 Å². The highest BCUT2D eigenvalue weighted by Gasteiger charge is 2.45. The number of β-lactam (4-membered cyclic amide) rings is 1. The first-order chi connectivity index (χ1) is 8.29. The van der Waals surface area contributed by atoms with E-state index in [4.69, 9.17) is 4.74 Å². The zero-order valence-electron chi connectivity index (χ0n) is 10.0. The molecular weight excluding hydrogens is 214 g/mol. The fourth-order valence-electron chi connectivity index (χ4n) is 2.28. The van der Waals surface area contributed by atoms with Crippen LogP contribution in [0.3, 0.4) is 0 Å². The van der Waals surface area contributed by atoms with Crippen LogP contribution in [0, 0.1) is 5.92 Å². The maximum atomic E-state index is 11.9. The van der Waals surface area contributed by atoms with Gasteiger partial charge in [0.25, 0.3) is 0 Å². The third-order valence-electron chi connectivity index (χ3n) is 3.18. The highest BCUT2D eigenvalue weighted by Crippen LogP contribution is 2.40. The van der Waals surface area contributed by atoms with E-state index < -0.39 is 0 Å². The number of methoxy groups -OCH3 is 1. The maximum Gasteiger partial charge on any atom is 0.232 e. The summed E-state index contributed by atoms with van der Waals surface area (Å²) in [5.74, 6) is 0.0557. The van der Waals surface area contributed by atoms with Crippen molar-refractivity contribution in [1.82, 2.24) is 4.90 Å². The van der Waals surface area contributed by atoms with Gasteiger partial charge >= 0.3 is 0 Å². The first-order valence-corrected chi connectivity index (χ1v) is 5.76. The van der Waals surface area contributed by atoms with E-state index in [9.17, 15) is 4.79 Å². The Morgan fingerprint density at radius 3 is 2.71 bits per heavy atom. The fraction of sp³-hybridized carbons (Fsp3) is 0.357. The van der Waals surface area contributed by atoms with Crippen molar-refractivity contribution in [2.75, 3.05) is 20.3 Å². The van der Waals surface area contributed by atoms with Gasteiger partial charge in [0.1, 0.15) is 0 Å². The highest BCUT2D eigenvalue weighted by molar-refractivity contribution is 5.88. The second-order valence-corrected chi connectivity index (χ2v) is 4.14. The predicted molar refractivity (Wildman–Crippen MR) is 66.5 cm³/mol. The minimum atomic E-state index is -0.0887. The zero-order chi connectivity index (χ0) is 12.3. The smallest absolute Gasteiger partial charge is 0.232 e.